The maximum atomic E-state index is 10.7. The van der Waals surface area contributed by atoms with E-state index in [0.717, 1.165) is 12.8 Å². The molecule has 3 nitrogen and oxygen atoms in total. The Hall–Kier alpha value is -0.830. The molecule has 3 heteroatoms. The number of hydrogen-bond donors (Lipinski definition) is 1. The van der Waals surface area contributed by atoms with E-state index in [1.807, 2.05) is 6.08 Å². The fourth-order valence-corrected chi connectivity index (χ4v) is 0.751. The number of carbonyl (C=O) groups is 1. The van der Waals surface area contributed by atoms with Crippen molar-refractivity contribution in [2.75, 3.05) is 7.11 Å². The van der Waals surface area contributed by atoms with Gasteiger partial charge in [0, 0.05) is 0 Å². The molecular formula is C8H15NO2. The fraction of sp³-hybridized carbons (Fsp3) is 0.625. The van der Waals surface area contributed by atoms with Crippen molar-refractivity contribution in [1.29, 1.82) is 0 Å². The van der Waals surface area contributed by atoms with Crippen LogP contribution in [-0.2, 0) is 9.53 Å². The highest BCUT2D eigenvalue weighted by atomic mass is 16.5. The van der Waals surface area contributed by atoms with Gasteiger partial charge in [-0.25, -0.2) is 0 Å². The highest BCUT2D eigenvalue weighted by molar-refractivity contribution is 5.75. The molecule has 0 rings (SSSR count). The molecule has 0 unspecified atom stereocenters. The van der Waals surface area contributed by atoms with Gasteiger partial charge in [-0.1, -0.05) is 6.08 Å². The van der Waals surface area contributed by atoms with E-state index in [1.165, 1.54) is 7.11 Å². The molecule has 0 saturated carbocycles. The Balaban J connectivity index is 3.43. The number of esters is 1. The van der Waals surface area contributed by atoms with Crippen LogP contribution in [0.2, 0.25) is 0 Å². The number of nitrogens with two attached hydrogens (primary N) is 1. The van der Waals surface area contributed by atoms with Crippen LogP contribution in [0.5, 0.6) is 0 Å². The van der Waals surface area contributed by atoms with Crippen LogP contribution >= 0.6 is 0 Å². The molecule has 0 aliphatic rings. The molecule has 0 aromatic rings. The van der Waals surface area contributed by atoms with Crippen LogP contribution in [0.15, 0.2) is 12.7 Å². The summed E-state index contributed by atoms with van der Waals surface area (Å²) >= 11 is 0. The molecule has 64 valence electrons. The Kier molecular flexibility index (Phi) is 5.47. The zero-order valence-corrected chi connectivity index (χ0v) is 6.88. The van der Waals surface area contributed by atoms with Crippen LogP contribution in [-0.4, -0.2) is 19.1 Å². The number of allylic oxidation sites excluding steroid dienone is 1. The quantitative estimate of drug-likeness (QED) is 0.365. The molecule has 0 aliphatic carbocycles. The van der Waals surface area contributed by atoms with Gasteiger partial charge in [0.2, 0.25) is 0 Å². The maximum absolute atomic E-state index is 10.7. The van der Waals surface area contributed by atoms with Gasteiger partial charge in [-0.15, -0.1) is 6.58 Å². The molecule has 0 aliphatic heterocycles. The van der Waals surface area contributed by atoms with E-state index in [2.05, 4.69) is 11.3 Å². The lowest BCUT2D eigenvalue weighted by atomic mass is 10.1. The van der Waals surface area contributed by atoms with Crippen molar-refractivity contribution in [2.45, 2.75) is 25.3 Å². The monoisotopic (exact) mass is 157 g/mol. The lowest BCUT2D eigenvalue weighted by molar-refractivity contribution is -0.142. The summed E-state index contributed by atoms with van der Waals surface area (Å²) in [5.41, 5.74) is 5.46. The second-order valence-corrected chi connectivity index (χ2v) is 2.35. The minimum Gasteiger partial charge on any atom is -0.468 e. The van der Waals surface area contributed by atoms with E-state index in [1.54, 1.807) is 0 Å². The molecular weight excluding hydrogens is 142 g/mol. The van der Waals surface area contributed by atoms with Crippen molar-refractivity contribution in [3.05, 3.63) is 12.7 Å². The Labute approximate surface area is 67.2 Å². The lowest BCUT2D eigenvalue weighted by Crippen LogP contribution is -2.31. The molecule has 0 heterocycles. The van der Waals surface area contributed by atoms with Gasteiger partial charge in [0.15, 0.2) is 0 Å². The number of carbonyl (C=O) groups excluding carboxylic acids is 1. The van der Waals surface area contributed by atoms with Gasteiger partial charge in [-0.3, -0.25) is 4.79 Å². The molecule has 0 saturated heterocycles. The van der Waals surface area contributed by atoms with Crippen LogP contribution in [0.4, 0.5) is 0 Å². The summed E-state index contributed by atoms with van der Waals surface area (Å²) in [4.78, 5) is 10.7. The van der Waals surface area contributed by atoms with E-state index in [-0.39, 0.29) is 5.97 Å². The highest BCUT2D eigenvalue weighted by Crippen LogP contribution is 2.00. The largest absolute Gasteiger partial charge is 0.468 e. The number of hydrogen-bond acceptors (Lipinski definition) is 3. The van der Waals surface area contributed by atoms with Crippen LogP contribution < -0.4 is 5.73 Å². The van der Waals surface area contributed by atoms with Crippen LogP contribution in [0, 0.1) is 0 Å². The third-order valence-electron chi connectivity index (χ3n) is 1.43. The van der Waals surface area contributed by atoms with Crippen LogP contribution in [0.1, 0.15) is 19.3 Å². The average molecular weight is 157 g/mol. The molecule has 2 N–H and O–H groups in total. The third-order valence-corrected chi connectivity index (χ3v) is 1.43. The Morgan fingerprint density at radius 1 is 1.82 bits per heavy atom. The molecule has 0 radical (unpaired) electrons. The summed E-state index contributed by atoms with van der Waals surface area (Å²) in [6.07, 6.45) is 4.26. The predicted molar refractivity (Wildman–Crippen MR) is 44.0 cm³/mol. The fourth-order valence-electron chi connectivity index (χ4n) is 0.751. The van der Waals surface area contributed by atoms with Gasteiger partial charge in [0.25, 0.3) is 0 Å². The van der Waals surface area contributed by atoms with Crippen molar-refractivity contribution in [2.24, 2.45) is 5.73 Å². The van der Waals surface area contributed by atoms with Crippen molar-refractivity contribution in [3.8, 4) is 0 Å². The topological polar surface area (TPSA) is 52.3 Å². The third kappa shape index (κ3) is 4.56. The molecule has 0 amide bonds. The standard InChI is InChI=1S/C8H15NO2/c1-3-4-5-6-7(9)8(10)11-2/h3,7H,1,4-6,9H2,2H3/t7-/m1/s1. The first-order valence-electron chi connectivity index (χ1n) is 3.66. The molecule has 0 spiro atoms. The van der Waals surface area contributed by atoms with Crippen molar-refractivity contribution < 1.29 is 9.53 Å². The van der Waals surface area contributed by atoms with Gasteiger partial charge in [-0.05, 0) is 19.3 Å². The summed E-state index contributed by atoms with van der Waals surface area (Å²) in [6, 6.07) is -0.472. The first-order chi connectivity index (χ1) is 5.22. The second kappa shape index (κ2) is 5.92. The van der Waals surface area contributed by atoms with E-state index in [4.69, 9.17) is 5.73 Å². The van der Waals surface area contributed by atoms with E-state index in [0.29, 0.717) is 6.42 Å². The Morgan fingerprint density at radius 2 is 2.45 bits per heavy atom. The number of rotatable bonds is 5. The minimum absolute atomic E-state index is 0.339. The SMILES string of the molecule is C=CCCC[C@@H](N)C(=O)OC. The highest BCUT2D eigenvalue weighted by Gasteiger charge is 2.11. The first kappa shape index (κ1) is 10.2. The summed E-state index contributed by atoms with van der Waals surface area (Å²) < 4.78 is 4.45. The second-order valence-electron chi connectivity index (χ2n) is 2.35. The van der Waals surface area contributed by atoms with E-state index >= 15 is 0 Å². The predicted octanol–water partition coefficient (Wildman–Crippen LogP) is 0.843. The van der Waals surface area contributed by atoms with Crippen molar-refractivity contribution in [1.82, 2.24) is 0 Å². The van der Waals surface area contributed by atoms with Crippen LogP contribution in [0.3, 0.4) is 0 Å². The van der Waals surface area contributed by atoms with E-state index in [9.17, 15) is 4.79 Å². The van der Waals surface area contributed by atoms with Crippen molar-refractivity contribution >= 4 is 5.97 Å². The molecule has 0 fully saturated rings. The molecule has 11 heavy (non-hydrogen) atoms. The first-order valence-corrected chi connectivity index (χ1v) is 3.66. The maximum Gasteiger partial charge on any atom is 0.322 e. The number of methoxy groups -OCH3 is 1. The lowest BCUT2D eigenvalue weighted by Gasteiger charge is -2.06. The summed E-state index contributed by atoms with van der Waals surface area (Å²) in [5.74, 6) is -0.339. The average Bonchev–Trinajstić information content (AvgIpc) is 2.03. The Bertz CT molecular complexity index is 134. The van der Waals surface area contributed by atoms with Gasteiger partial charge < -0.3 is 10.5 Å². The molecule has 0 aromatic carbocycles. The molecule has 0 aromatic heterocycles. The summed E-state index contributed by atoms with van der Waals surface area (Å²) in [7, 11) is 1.34. The number of unbranched alkanes of at least 4 members (excludes halogenated alkanes) is 1. The summed E-state index contributed by atoms with van der Waals surface area (Å²) in [5, 5.41) is 0. The zero-order valence-electron chi connectivity index (χ0n) is 6.88. The van der Waals surface area contributed by atoms with Gasteiger partial charge in [0.1, 0.15) is 6.04 Å². The Morgan fingerprint density at radius 3 is 2.91 bits per heavy atom. The van der Waals surface area contributed by atoms with Gasteiger partial charge >= 0.3 is 5.97 Å². The normalized spacial score (nSPS) is 12.2. The summed E-state index contributed by atoms with van der Waals surface area (Å²) in [6.45, 7) is 3.57. The van der Waals surface area contributed by atoms with Gasteiger partial charge in [0.05, 0.1) is 7.11 Å². The van der Waals surface area contributed by atoms with Crippen molar-refractivity contribution in [3.63, 3.8) is 0 Å². The number of ether oxygens (including phenoxy) is 1. The minimum atomic E-state index is -0.472. The molecule has 1 atom stereocenters. The zero-order chi connectivity index (χ0) is 8.69. The van der Waals surface area contributed by atoms with Gasteiger partial charge in [-0.2, -0.15) is 0 Å². The molecule has 0 bridgehead atoms. The smallest absolute Gasteiger partial charge is 0.322 e. The van der Waals surface area contributed by atoms with E-state index < -0.39 is 6.04 Å². The van der Waals surface area contributed by atoms with Crippen LogP contribution in [0.25, 0.3) is 0 Å².